The molecule has 20 heavy (non-hydrogen) atoms. The van der Waals surface area contributed by atoms with E-state index in [1.165, 1.54) is 31.2 Å². The first kappa shape index (κ1) is 14.1. The van der Waals surface area contributed by atoms with Crippen LogP contribution in [-0.2, 0) is 12.8 Å². The molecular formula is C17H27N3. The second kappa shape index (κ2) is 6.25. The van der Waals surface area contributed by atoms with Crippen LogP contribution in [0, 0.1) is 0 Å². The Morgan fingerprint density at radius 1 is 1.00 bits per heavy atom. The summed E-state index contributed by atoms with van der Waals surface area (Å²) in [7, 11) is 2.20. The van der Waals surface area contributed by atoms with Gasteiger partial charge in [-0.1, -0.05) is 18.2 Å². The van der Waals surface area contributed by atoms with Crippen molar-refractivity contribution in [3.63, 3.8) is 0 Å². The molecule has 3 heteroatoms. The monoisotopic (exact) mass is 273 g/mol. The summed E-state index contributed by atoms with van der Waals surface area (Å²) in [6.07, 6.45) is 5.26. The Morgan fingerprint density at radius 3 is 2.45 bits per heavy atom. The lowest BCUT2D eigenvalue weighted by Crippen LogP contribution is -2.51. The van der Waals surface area contributed by atoms with Crippen molar-refractivity contribution in [1.82, 2.24) is 15.3 Å². The van der Waals surface area contributed by atoms with Gasteiger partial charge in [0.05, 0.1) is 0 Å². The number of aryl methyl sites for hydroxylation is 2. The van der Waals surface area contributed by atoms with Gasteiger partial charge in [-0.05, 0) is 56.3 Å². The minimum Gasteiger partial charge on any atom is -0.304 e. The van der Waals surface area contributed by atoms with E-state index >= 15 is 0 Å². The molecule has 1 aliphatic heterocycles. The summed E-state index contributed by atoms with van der Waals surface area (Å²) in [5, 5.41) is 2.38. The lowest BCUT2D eigenvalue weighted by molar-refractivity contribution is 0.0899. The molecule has 1 fully saturated rings. The maximum Gasteiger partial charge on any atom is 0.0436 e. The number of hydrazine groups is 1. The maximum absolute atomic E-state index is 3.67. The van der Waals surface area contributed by atoms with Gasteiger partial charge >= 0.3 is 0 Å². The molecule has 0 aromatic heterocycles. The van der Waals surface area contributed by atoms with Gasteiger partial charge in [0.2, 0.25) is 0 Å². The van der Waals surface area contributed by atoms with Gasteiger partial charge in [-0.2, -0.15) is 0 Å². The minimum absolute atomic E-state index is 0.408. The van der Waals surface area contributed by atoms with E-state index in [9.17, 15) is 0 Å². The van der Waals surface area contributed by atoms with Crippen molar-refractivity contribution < 1.29 is 0 Å². The van der Waals surface area contributed by atoms with Gasteiger partial charge in [-0.15, -0.1) is 0 Å². The van der Waals surface area contributed by atoms with Crippen LogP contribution in [0.2, 0.25) is 0 Å². The standard InChI is InChI=1S/C17H27N3/c1-14(18-20-11-9-19(2)10-12-20)16-8-7-15-5-3-4-6-17(15)13-16/h7-8,13-14,18H,3-6,9-12H2,1-2H3. The molecule has 2 aliphatic rings. The van der Waals surface area contributed by atoms with Crippen molar-refractivity contribution in [2.75, 3.05) is 33.2 Å². The first-order chi connectivity index (χ1) is 9.72. The van der Waals surface area contributed by atoms with Crippen molar-refractivity contribution in [3.05, 3.63) is 34.9 Å². The van der Waals surface area contributed by atoms with Crippen LogP contribution in [0.25, 0.3) is 0 Å². The van der Waals surface area contributed by atoms with Gasteiger partial charge in [0.1, 0.15) is 0 Å². The zero-order valence-electron chi connectivity index (χ0n) is 12.9. The van der Waals surface area contributed by atoms with Crippen molar-refractivity contribution >= 4 is 0 Å². The van der Waals surface area contributed by atoms with E-state index in [-0.39, 0.29) is 0 Å². The molecule has 1 unspecified atom stereocenters. The molecule has 0 saturated carbocycles. The molecule has 3 rings (SSSR count). The third-order valence-electron chi connectivity index (χ3n) is 4.75. The molecular weight excluding hydrogens is 246 g/mol. The topological polar surface area (TPSA) is 18.5 Å². The largest absolute Gasteiger partial charge is 0.304 e. The van der Waals surface area contributed by atoms with Crippen LogP contribution in [-0.4, -0.2) is 43.1 Å². The Morgan fingerprint density at radius 2 is 1.70 bits per heavy atom. The fraction of sp³-hybridized carbons (Fsp3) is 0.647. The highest BCUT2D eigenvalue weighted by Crippen LogP contribution is 2.24. The quantitative estimate of drug-likeness (QED) is 0.912. The summed E-state index contributed by atoms with van der Waals surface area (Å²) < 4.78 is 0. The van der Waals surface area contributed by atoms with Crippen LogP contribution < -0.4 is 5.43 Å². The van der Waals surface area contributed by atoms with Gasteiger partial charge in [0, 0.05) is 32.2 Å². The Hall–Kier alpha value is -0.900. The first-order valence-corrected chi connectivity index (χ1v) is 8.04. The van der Waals surface area contributed by atoms with E-state index in [0.717, 1.165) is 26.2 Å². The average Bonchev–Trinajstić information content (AvgIpc) is 2.49. The third kappa shape index (κ3) is 3.22. The van der Waals surface area contributed by atoms with Gasteiger partial charge in [0.15, 0.2) is 0 Å². The molecule has 1 N–H and O–H groups in total. The predicted molar refractivity (Wildman–Crippen MR) is 83.7 cm³/mol. The van der Waals surface area contributed by atoms with Gasteiger partial charge < -0.3 is 4.90 Å². The lowest BCUT2D eigenvalue weighted by atomic mass is 9.89. The summed E-state index contributed by atoms with van der Waals surface area (Å²) in [6, 6.07) is 7.51. The zero-order valence-corrected chi connectivity index (χ0v) is 12.9. The molecule has 1 saturated heterocycles. The fourth-order valence-corrected chi connectivity index (χ4v) is 3.31. The summed E-state index contributed by atoms with van der Waals surface area (Å²) in [4.78, 5) is 2.39. The third-order valence-corrected chi connectivity index (χ3v) is 4.75. The smallest absolute Gasteiger partial charge is 0.0436 e. The van der Waals surface area contributed by atoms with E-state index in [0.29, 0.717) is 6.04 Å². The number of hydrogen-bond donors (Lipinski definition) is 1. The van der Waals surface area contributed by atoms with E-state index in [1.54, 1.807) is 11.1 Å². The number of hydrogen-bond acceptors (Lipinski definition) is 3. The van der Waals surface area contributed by atoms with E-state index in [4.69, 9.17) is 0 Å². The summed E-state index contributed by atoms with van der Waals surface area (Å²) in [5.74, 6) is 0. The highest BCUT2D eigenvalue weighted by atomic mass is 15.5. The summed E-state index contributed by atoms with van der Waals surface area (Å²) >= 11 is 0. The average molecular weight is 273 g/mol. The number of fused-ring (bicyclic) bond motifs is 1. The molecule has 1 atom stereocenters. The minimum atomic E-state index is 0.408. The number of likely N-dealkylation sites (N-methyl/N-ethyl adjacent to an activating group) is 1. The SMILES string of the molecule is CC(NN1CCN(C)CC1)c1ccc2c(c1)CCCC2. The van der Waals surface area contributed by atoms with Crippen LogP contribution in [0.15, 0.2) is 18.2 Å². The van der Waals surface area contributed by atoms with Crippen molar-refractivity contribution in [2.45, 2.75) is 38.6 Å². The first-order valence-electron chi connectivity index (χ1n) is 8.04. The van der Waals surface area contributed by atoms with Crippen LogP contribution >= 0.6 is 0 Å². The molecule has 3 nitrogen and oxygen atoms in total. The molecule has 1 aliphatic carbocycles. The lowest BCUT2D eigenvalue weighted by Gasteiger charge is -2.34. The van der Waals surface area contributed by atoms with E-state index in [1.807, 2.05) is 0 Å². The van der Waals surface area contributed by atoms with E-state index < -0.39 is 0 Å². The van der Waals surface area contributed by atoms with Crippen molar-refractivity contribution in [1.29, 1.82) is 0 Å². The second-order valence-electron chi connectivity index (χ2n) is 6.38. The molecule has 0 radical (unpaired) electrons. The fourth-order valence-electron chi connectivity index (χ4n) is 3.31. The van der Waals surface area contributed by atoms with Crippen LogP contribution in [0.3, 0.4) is 0 Å². The van der Waals surface area contributed by atoms with E-state index in [2.05, 4.69) is 47.5 Å². The Bertz CT molecular complexity index is 450. The molecule has 0 spiro atoms. The summed E-state index contributed by atoms with van der Waals surface area (Å²) in [5.41, 5.74) is 8.26. The molecule has 0 bridgehead atoms. The number of nitrogens with zero attached hydrogens (tertiary/aromatic N) is 2. The van der Waals surface area contributed by atoms with Crippen molar-refractivity contribution in [2.24, 2.45) is 0 Å². The highest BCUT2D eigenvalue weighted by Gasteiger charge is 2.17. The number of benzene rings is 1. The molecule has 1 heterocycles. The molecule has 1 aromatic carbocycles. The molecule has 1 aromatic rings. The summed E-state index contributed by atoms with van der Waals surface area (Å²) in [6.45, 7) is 6.83. The molecule has 110 valence electrons. The van der Waals surface area contributed by atoms with Crippen LogP contribution in [0.5, 0.6) is 0 Å². The maximum atomic E-state index is 3.67. The van der Waals surface area contributed by atoms with Crippen LogP contribution in [0.1, 0.15) is 42.5 Å². The normalized spacial score (nSPS) is 22.5. The van der Waals surface area contributed by atoms with Gasteiger partial charge in [-0.3, -0.25) is 0 Å². The van der Waals surface area contributed by atoms with Crippen LogP contribution in [0.4, 0.5) is 0 Å². The Balaban J connectivity index is 1.63. The Kier molecular flexibility index (Phi) is 4.39. The number of rotatable bonds is 3. The predicted octanol–water partition coefficient (Wildman–Crippen LogP) is 2.38. The number of piperazine rings is 1. The van der Waals surface area contributed by atoms with Gasteiger partial charge in [-0.25, -0.2) is 10.4 Å². The molecule has 0 amide bonds. The van der Waals surface area contributed by atoms with Crippen molar-refractivity contribution in [3.8, 4) is 0 Å². The zero-order chi connectivity index (χ0) is 13.9. The number of nitrogens with one attached hydrogen (secondary N) is 1. The highest BCUT2D eigenvalue weighted by molar-refractivity contribution is 5.35. The Labute approximate surface area is 122 Å². The van der Waals surface area contributed by atoms with Gasteiger partial charge in [0.25, 0.3) is 0 Å². The second-order valence-corrected chi connectivity index (χ2v) is 6.38.